The fourth-order valence-electron chi connectivity index (χ4n) is 0.729. The van der Waals surface area contributed by atoms with Crippen LogP contribution >= 0.6 is 43.2 Å². The first-order valence-corrected chi connectivity index (χ1v) is 5.68. The minimum Gasteiger partial charge on any atom is -0.388 e. The Morgan fingerprint density at radius 2 is 2.27 bits per heavy atom. The molecule has 0 radical (unpaired) electrons. The SMILES string of the molecule is CCC(O)c1cc(Br)c(Br)s1. The van der Waals surface area contributed by atoms with Crippen LogP contribution in [0.25, 0.3) is 0 Å². The molecule has 1 rings (SSSR count). The standard InChI is InChI=1S/C7H8Br2OS/c1-2-5(10)6-3-4(8)7(9)11-6/h3,5,10H,2H2,1H3. The summed E-state index contributed by atoms with van der Waals surface area (Å²) < 4.78 is 2.06. The molecule has 0 saturated heterocycles. The normalized spacial score (nSPS) is 13.5. The summed E-state index contributed by atoms with van der Waals surface area (Å²) in [5, 5.41) is 9.44. The molecule has 1 N–H and O–H groups in total. The molecule has 0 aliphatic rings. The molecule has 0 fully saturated rings. The molecule has 4 heteroatoms. The molecule has 1 unspecified atom stereocenters. The van der Waals surface area contributed by atoms with E-state index in [-0.39, 0.29) is 6.10 Å². The molecule has 0 aliphatic carbocycles. The first-order valence-electron chi connectivity index (χ1n) is 3.28. The zero-order chi connectivity index (χ0) is 8.43. The summed E-state index contributed by atoms with van der Waals surface area (Å²) >= 11 is 8.31. The van der Waals surface area contributed by atoms with Gasteiger partial charge in [-0.05, 0) is 44.3 Å². The largest absolute Gasteiger partial charge is 0.388 e. The highest BCUT2D eigenvalue weighted by molar-refractivity contribution is 9.13. The third kappa shape index (κ3) is 2.28. The molecule has 0 amide bonds. The Morgan fingerprint density at radius 1 is 1.64 bits per heavy atom. The first-order chi connectivity index (χ1) is 5.15. The van der Waals surface area contributed by atoms with Crippen LogP contribution in [0.2, 0.25) is 0 Å². The predicted octanol–water partition coefficient (Wildman–Crippen LogP) is 3.72. The Balaban J connectivity index is 2.88. The number of hydrogen-bond acceptors (Lipinski definition) is 2. The van der Waals surface area contributed by atoms with E-state index >= 15 is 0 Å². The van der Waals surface area contributed by atoms with Gasteiger partial charge in [-0.3, -0.25) is 0 Å². The van der Waals surface area contributed by atoms with Gasteiger partial charge in [-0.25, -0.2) is 0 Å². The van der Waals surface area contributed by atoms with E-state index in [2.05, 4.69) is 31.9 Å². The highest BCUT2D eigenvalue weighted by Crippen LogP contribution is 2.36. The van der Waals surface area contributed by atoms with Gasteiger partial charge < -0.3 is 5.11 Å². The minimum absolute atomic E-state index is 0.317. The van der Waals surface area contributed by atoms with E-state index in [1.54, 1.807) is 11.3 Å². The highest BCUT2D eigenvalue weighted by Gasteiger charge is 2.10. The van der Waals surface area contributed by atoms with Crippen LogP contribution in [0.15, 0.2) is 14.3 Å². The lowest BCUT2D eigenvalue weighted by Gasteiger charge is -2.01. The summed E-state index contributed by atoms with van der Waals surface area (Å²) in [6, 6.07) is 1.95. The molecule has 0 saturated carbocycles. The number of rotatable bonds is 2. The van der Waals surface area contributed by atoms with Crippen LogP contribution in [0.1, 0.15) is 24.3 Å². The van der Waals surface area contributed by atoms with Crippen molar-refractivity contribution in [1.29, 1.82) is 0 Å². The third-order valence-electron chi connectivity index (χ3n) is 1.38. The number of aliphatic hydroxyl groups is 1. The number of thiophene rings is 1. The Hall–Kier alpha value is 0.620. The zero-order valence-electron chi connectivity index (χ0n) is 5.97. The molecule has 1 aromatic heterocycles. The Morgan fingerprint density at radius 3 is 2.64 bits per heavy atom. The minimum atomic E-state index is -0.317. The van der Waals surface area contributed by atoms with Crippen molar-refractivity contribution in [1.82, 2.24) is 0 Å². The van der Waals surface area contributed by atoms with Crippen LogP contribution in [0.5, 0.6) is 0 Å². The van der Waals surface area contributed by atoms with E-state index in [0.717, 1.165) is 19.6 Å². The van der Waals surface area contributed by atoms with Crippen molar-refractivity contribution in [3.8, 4) is 0 Å². The molecule has 62 valence electrons. The van der Waals surface area contributed by atoms with Crippen molar-refractivity contribution < 1.29 is 5.11 Å². The van der Waals surface area contributed by atoms with Gasteiger partial charge in [0, 0.05) is 9.35 Å². The Labute approximate surface area is 86.7 Å². The fourth-order valence-corrected chi connectivity index (χ4v) is 2.89. The van der Waals surface area contributed by atoms with E-state index in [4.69, 9.17) is 0 Å². The fraction of sp³-hybridized carbons (Fsp3) is 0.429. The molecular formula is C7H8Br2OS. The maximum atomic E-state index is 9.44. The van der Waals surface area contributed by atoms with Crippen molar-refractivity contribution in [2.75, 3.05) is 0 Å². The molecule has 11 heavy (non-hydrogen) atoms. The van der Waals surface area contributed by atoms with Gasteiger partial charge in [0.25, 0.3) is 0 Å². The number of halogens is 2. The highest BCUT2D eigenvalue weighted by atomic mass is 79.9. The van der Waals surface area contributed by atoms with Crippen molar-refractivity contribution in [2.45, 2.75) is 19.4 Å². The average Bonchev–Trinajstić information content (AvgIpc) is 2.31. The summed E-state index contributed by atoms with van der Waals surface area (Å²) in [6.07, 6.45) is 0.446. The lowest BCUT2D eigenvalue weighted by Crippen LogP contribution is -1.89. The molecule has 1 nitrogen and oxygen atoms in total. The van der Waals surface area contributed by atoms with Crippen LogP contribution < -0.4 is 0 Å². The van der Waals surface area contributed by atoms with Gasteiger partial charge in [-0.2, -0.15) is 0 Å². The Kier molecular flexibility index (Phi) is 3.55. The van der Waals surface area contributed by atoms with Gasteiger partial charge >= 0.3 is 0 Å². The first kappa shape index (κ1) is 9.71. The summed E-state index contributed by atoms with van der Waals surface area (Å²) in [4.78, 5) is 1.01. The van der Waals surface area contributed by atoms with Crippen LogP contribution in [0, 0.1) is 0 Å². The van der Waals surface area contributed by atoms with Crippen molar-refractivity contribution in [2.24, 2.45) is 0 Å². The lowest BCUT2D eigenvalue weighted by molar-refractivity contribution is 0.177. The topological polar surface area (TPSA) is 20.2 Å². The monoisotopic (exact) mass is 298 g/mol. The quantitative estimate of drug-likeness (QED) is 0.882. The van der Waals surface area contributed by atoms with Gasteiger partial charge in [0.05, 0.1) is 9.89 Å². The maximum Gasteiger partial charge on any atom is 0.0880 e. The number of hydrogen-bond donors (Lipinski definition) is 1. The van der Waals surface area contributed by atoms with Gasteiger partial charge in [-0.15, -0.1) is 11.3 Å². The average molecular weight is 300 g/mol. The van der Waals surface area contributed by atoms with Gasteiger partial charge in [-0.1, -0.05) is 6.92 Å². The van der Waals surface area contributed by atoms with Gasteiger partial charge in [0.2, 0.25) is 0 Å². The smallest absolute Gasteiger partial charge is 0.0880 e. The van der Waals surface area contributed by atoms with E-state index in [1.807, 2.05) is 13.0 Å². The van der Waals surface area contributed by atoms with Crippen molar-refractivity contribution in [3.05, 3.63) is 19.2 Å². The summed E-state index contributed by atoms with van der Waals surface area (Å²) in [5.41, 5.74) is 0. The number of aliphatic hydroxyl groups excluding tert-OH is 1. The van der Waals surface area contributed by atoms with Crippen LogP contribution in [0.3, 0.4) is 0 Å². The van der Waals surface area contributed by atoms with Crippen molar-refractivity contribution in [3.63, 3.8) is 0 Å². The molecule has 1 aromatic rings. The summed E-state index contributed by atoms with van der Waals surface area (Å²) in [6.45, 7) is 1.96. The summed E-state index contributed by atoms with van der Waals surface area (Å²) in [7, 11) is 0. The Bertz CT molecular complexity index is 227. The zero-order valence-corrected chi connectivity index (χ0v) is 9.96. The predicted molar refractivity (Wildman–Crippen MR) is 55.0 cm³/mol. The summed E-state index contributed by atoms with van der Waals surface area (Å²) in [5.74, 6) is 0. The maximum absolute atomic E-state index is 9.44. The van der Waals surface area contributed by atoms with Gasteiger partial charge in [0.15, 0.2) is 0 Å². The lowest BCUT2D eigenvalue weighted by atomic mass is 10.2. The van der Waals surface area contributed by atoms with Crippen LogP contribution in [-0.2, 0) is 0 Å². The van der Waals surface area contributed by atoms with Crippen molar-refractivity contribution >= 4 is 43.2 Å². The second kappa shape index (κ2) is 4.03. The van der Waals surface area contributed by atoms with E-state index in [9.17, 15) is 5.11 Å². The molecule has 0 spiro atoms. The van der Waals surface area contributed by atoms with E-state index in [1.165, 1.54) is 0 Å². The third-order valence-corrected chi connectivity index (χ3v) is 4.74. The molecule has 0 bridgehead atoms. The molecule has 0 aliphatic heterocycles. The molecular weight excluding hydrogens is 292 g/mol. The van der Waals surface area contributed by atoms with E-state index in [0.29, 0.717) is 0 Å². The van der Waals surface area contributed by atoms with Crippen LogP contribution in [-0.4, -0.2) is 5.11 Å². The molecule has 0 aromatic carbocycles. The second-order valence-corrected chi connectivity index (χ2v) is 5.45. The van der Waals surface area contributed by atoms with Gasteiger partial charge in [0.1, 0.15) is 0 Å². The van der Waals surface area contributed by atoms with Crippen LogP contribution in [0.4, 0.5) is 0 Å². The van der Waals surface area contributed by atoms with E-state index < -0.39 is 0 Å². The molecule has 1 atom stereocenters. The second-order valence-electron chi connectivity index (χ2n) is 2.19. The molecule has 1 heterocycles.